The maximum Gasteiger partial charge on any atom is 0.244 e. The minimum Gasteiger partial charge on any atom is -0.395 e. The zero-order chi connectivity index (χ0) is 14.5. The van der Waals surface area contributed by atoms with Crippen LogP contribution in [0.25, 0.3) is 0 Å². The van der Waals surface area contributed by atoms with Crippen LogP contribution < -0.4 is 0 Å². The van der Waals surface area contributed by atoms with Gasteiger partial charge in [0.1, 0.15) is 10.0 Å². The van der Waals surface area contributed by atoms with Crippen LogP contribution in [0.1, 0.15) is 26.7 Å². The fraction of sp³-hybridized carbons (Fsp3) is 0.583. The van der Waals surface area contributed by atoms with E-state index in [0.29, 0.717) is 12.8 Å². The van der Waals surface area contributed by atoms with Gasteiger partial charge in [-0.2, -0.15) is 4.31 Å². The molecule has 0 saturated heterocycles. The van der Waals surface area contributed by atoms with Gasteiger partial charge in [-0.1, -0.05) is 25.4 Å². The quantitative estimate of drug-likeness (QED) is 0.781. The first-order valence-electron chi connectivity index (χ1n) is 6.21. The van der Waals surface area contributed by atoms with Crippen LogP contribution in [0.15, 0.2) is 23.2 Å². The Morgan fingerprint density at radius 1 is 1.37 bits per heavy atom. The van der Waals surface area contributed by atoms with Crippen LogP contribution in [0.3, 0.4) is 0 Å². The van der Waals surface area contributed by atoms with Gasteiger partial charge in [0.15, 0.2) is 0 Å². The number of hydrogen-bond donors (Lipinski definition) is 1. The summed E-state index contributed by atoms with van der Waals surface area (Å²) in [5, 5.41) is 9.33. The summed E-state index contributed by atoms with van der Waals surface area (Å²) in [5.74, 6) is 0. The van der Waals surface area contributed by atoms with Crippen molar-refractivity contribution in [1.29, 1.82) is 0 Å². The van der Waals surface area contributed by atoms with Gasteiger partial charge < -0.3 is 5.11 Å². The molecule has 19 heavy (non-hydrogen) atoms. The van der Waals surface area contributed by atoms with Crippen molar-refractivity contribution in [2.75, 3.05) is 13.2 Å². The van der Waals surface area contributed by atoms with E-state index in [2.05, 4.69) is 4.98 Å². The summed E-state index contributed by atoms with van der Waals surface area (Å²) in [6.45, 7) is 3.72. The lowest BCUT2D eigenvalue weighted by atomic mass is 10.2. The largest absolute Gasteiger partial charge is 0.395 e. The molecule has 7 heteroatoms. The van der Waals surface area contributed by atoms with Gasteiger partial charge in [0.05, 0.1) is 6.61 Å². The van der Waals surface area contributed by atoms with Gasteiger partial charge in [0.25, 0.3) is 0 Å². The maximum absolute atomic E-state index is 12.5. The summed E-state index contributed by atoms with van der Waals surface area (Å²) in [6, 6.07) is 2.74. The van der Waals surface area contributed by atoms with E-state index in [1.165, 1.54) is 22.6 Å². The van der Waals surface area contributed by atoms with Crippen molar-refractivity contribution in [2.24, 2.45) is 0 Å². The smallest absolute Gasteiger partial charge is 0.244 e. The van der Waals surface area contributed by atoms with Gasteiger partial charge >= 0.3 is 0 Å². The van der Waals surface area contributed by atoms with Crippen molar-refractivity contribution in [2.45, 2.75) is 37.6 Å². The van der Waals surface area contributed by atoms with Gasteiger partial charge in [-0.25, -0.2) is 13.4 Å². The molecule has 0 spiro atoms. The number of aliphatic hydroxyl groups excluding tert-OH is 1. The first-order chi connectivity index (χ1) is 8.97. The van der Waals surface area contributed by atoms with E-state index in [9.17, 15) is 8.42 Å². The van der Waals surface area contributed by atoms with E-state index in [1.807, 2.05) is 13.8 Å². The molecular formula is C12H19ClN2O3S. The molecular weight excluding hydrogens is 288 g/mol. The molecule has 1 N–H and O–H groups in total. The first kappa shape index (κ1) is 16.4. The van der Waals surface area contributed by atoms with Gasteiger partial charge in [-0.15, -0.1) is 0 Å². The Kier molecular flexibility index (Phi) is 6.19. The number of sulfonamides is 1. The van der Waals surface area contributed by atoms with Crippen LogP contribution >= 0.6 is 11.6 Å². The molecule has 0 bridgehead atoms. The number of aliphatic hydroxyl groups is 1. The summed E-state index contributed by atoms with van der Waals surface area (Å²) in [4.78, 5) is 3.89. The van der Waals surface area contributed by atoms with Crippen molar-refractivity contribution in [3.63, 3.8) is 0 Å². The molecule has 0 aromatic carbocycles. The Labute approximate surface area is 119 Å². The maximum atomic E-state index is 12.5. The molecule has 0 fully saturated rings. The third kappa shape index (κ3) is 3.89. The van der Waals surface area contributed by atoms with Crippen molar-refractivity contribution in [1.82, 2.24) is 9.29 Å². The van der Waals surface area contributed by atoms with Crippen molar-refractivity contribution in [3.05, 3.63) is 23.5 Å². The fourth-order valence-electron chi connectivity index (χ4n) is 1.94. The highest BCUT2D eigenvalue weighted by Gasteiger charge is 2.29. The third-order valence-corrected chi connectivity index (χ3v) is 5.14. The molecule has 0 amide bonds. The number of nitrogens with zero attached hydrogens (tertiary/aromatic N) is 2. The molecule has 0 radical (unpaired) electrons. The second-order valence-electron chi connectivity index (χ2n) is 4.13. The SMILES string of the molecule is CCC(CC)N(CCO)S(=O)(=O)c1ccc(Cl)nc1. The lowest BCUT2D eigenvalue weighted by Crippen LogP contribution is -2.41. The summed E-state index contributed by atoms with van der Waals surface area (Å²) >= 11 is 5.66. The fourth-order valence-corrected chi connectivity index (χ4v) is 3.76. The topological polar surface area (TPSA) is 70.5 Å². The Bertz CT molecular complexity index is 486. The first-order valence-corrected chi connectivity index (χ1v) is 8.03. The Hall–Kier alpha value is -0.690. The summed E-state index contributed by atoms with van der Waals surface area (Å²) in [6.07, 6.45) is 2.62. The van der Waals surface area contributed by atoms with E-state index in [0.717, 1.165) is 0 Å². The molecule has 1 rings (SSSR count). The van der Waals surface area contributed by atoms with E-state index < -0.39 is 10.0 Å². The van der Waals surface area contributed by atoms with Crippen molar-refractivity contribution < 1.29 is 13.5 Å². The predicted molar refractivity (Wildman–Crippen MR) is 74.6 cm³/mol. The van der Waals surface area contributed by atoms with Gasteiger partial charge in [0, 0.05) is 18.8 Å². The second-order valence-corrected chi connectivity index (χ2v) is 6.40. The number of pyridine rings is 1. The lowest BCUT2D eigenvalue weighted by molar-refractivity contribution is 0.219. The monoisotopic (exact) mass is 306 g/mol. The summed E-state index contributed by atoms with van der Waals surface area (Å²) in [5.41, 5.74) is 0. The molecule has 108 valence electrons. The normalized spacial score (nSPS) is 12.3. The zero-order valence-corrected chi connectivity index (χ0v) is 12.7. The molecule has 0 atom stereocenters. The number of aromatic nitrogens is 1. The average molecular weight is 307 g/mol. The number of rotatable bonds is 7. The highest BCUT2D eigenvalue weighted by Crippen LogP contribution is 2.21. The van der Waals surface area contributed by atoms with Crippen LogP contribution in [-0.4, -0.2) is 42.0 Å². The predicted octanol–water partition coefficient (Wildman–Crippen LogP) is 1.91. The lowest BCUT2D eigenvalue weighted by Gasteiger charge is -2.28. The standard InChI is InChI=1S/C12H19ClN2O3S/c1-3-10(4-2)15(7-8-16)19(17,18)11-5-6-12(13)14-9-11/h5-6,9-10,16H,3-4,7-8H2,1-2H3. The van der Waals surface area contributed by atoms with Crippen LogP contribution in [0.4, 0.5) is 0 Å². The van der Waals surface area contributed by atoms with E-state index in [-0.39, 0.29) is 29.2 Å². The Morgan fingerprint density at radius 2 is 2.00 bits per heavy atom. The molecule has 1 aromatic rings. The highest BCUT2D eigenvalue weighted by molar-refractivity contribution is 7.89. The van der Waals surface area contributed by atoms with Crippen LogP contribution in [0.5, 0.6) is 0 Å². The van der Waals surface area contributed by atoms with E-state index in [1.54, 1.807) is 0 Å². The molecule has 0 aliphatic carbocycles. The minimum atomic E-state index is -3.65. The molecule has 0 aliphatic heterocycles. The molecule has 1 heterocycles. The van der Waals surface area contributed by atoms with Crippen molar-refractivity contribution in [3.8, 4) is 0 Å². The molecule has 0 saturated carbocycles. The second kappa shape index (κ2) is 7.19. The summed E-state index contributed by atoms with van der Waals surface area (Å²) in [7, 11) is -3.65. The van der Waals surface area contributed by atoms with Gasteiger partial charge in [0.2, 0.25) is 10.0 Å². The van der Waals surface area contributed by atoms with Gasteiger partial charge in [-0.05, 0) is 25.0 Å². The van der Waals surface area contributed by atoms with Crippen LogP contribution in [0, 0.1) is 0 Å². The summed E-state index contributed by atoms with van der Waals surface area (Å²) < 4.78 is 26.4. The highest BCUT2D eigenvalue weighted by atomic mass is 35.5. The molecule has 5 nitrogen and oxygen atoms in total. The van der Waals surface area contributed by atoms with E-state index in [4.69, 9.17) is 16.7 Å². The molecule has 0 aliphatic rings. The zero-order valence-electron chi connectivity index (χ0n) is 11.1. The number of hydrogen-bond acceptors (Lipinski definition) is 4. The molecule has 1 aromatic heterocycles. The Balaban J connectivity index is 3.15. The van der Waals surface area contributed by atoms with Gasteiger partial charge in [-0.3, -0.25) is 0 Å². The average Bonchev–Trinajstić information content (AvgIpc) is 2.39. The molecule has 0 unspecified atom stereocenters. The third-order valence-electron chi connectivity index (χ3n) is 2.98. The number of halogens is 1. The Morgan fingerprint density at radius 3 is 2.42 bits per heavy atom. The van der Waals surface area contributed by atoms with E-state index >= 15 is 0 Å². The minimum absolute atomic E-state index is 0.0807. The van der Waals surface area contributed by atoms with Crippen LogP contribution in [-0.2, 0) is 10.0 Å². The van der Waals surface area contributed by atoms with Crippen LogP contribution in [0.2, 0.25) is 5.15 Å². The van der Waals surface area contributed by atoms with Crippen molar-refractivity contribution >= 4 is 21.6 Å².